The molecule has 32 heavy (non-hydrogen) atoms. The molecule has 6 heteroatoms. The van der Waals surface area contributed by atoms with E-state index in [-0.39, 0.29) is 18.5 Å². The van der Waals surface area contributed by atoms with Crippen molar-refractivity contribution in [1.29, 1.82) is 0 Å². The van der Waals surface area contributed by atoms with E-state index in [0.29, 0.717) is 18.1 Å². The molecule has 0 aliphatic carbocycles. The lowest BCUT2D eigenvalue weighted by molar-refractivity contribution is -0.129. The summed E-state index contributed by atoms with van der Waals surface area (Å²) in [6, 6.07) is 27.6. The lowest BCUT2D eigenvalue weighted by atomic mass is 10.1. The summed E-state index contributed by atoms with van der Waals surface area (Å²) < 4.78 is 5.59. The van der Waals surface area contributed by atoms with Gasteiger partial charge in [-0.2, -0.15) is 0 Å². The molecule has 6 nitrogen and oxygen atoms in total. The van der Waals surface area contributed by atoms with Crippen molar-refractivity contribution >= 4 is 11.9 Å². The Kier molecular flexibility index (Phi) is 5.25. The Morgan fingerprint density at radius 2 is 1.41 bits per heavy atom. The van der Waals surface area contributed by atoms with Crippen molar-refractivity contribution in [3.05, 3.63) is 114 Å². The first-order chi connectivity index (χ1) is 15.7. The number of imide groups is 1. The van der Waals surface area contributed by atoms with Crippen LogP contribution in [0, 0.1) is 0 Å². The molecular formula is C26H21N3O3. The topological polar surface area (TPSA) is 66.7 Å². The minimum Gasteiger partial charge on any atom is -0.444 e. The van der Waals surface area contributed by atoms with Gasteiger partial charge in [0, 0.05) is 12.1 Å². The average molecular weight is 423 g/mol. The predicted molar refractivity (Wildman–Crippen MR) is 119 cm³/mol. The summed E-state index contributed by atoms with van der Waals surface area (Å²) in [5, 5.41) is 0. The number of carbonyl (C=O) groups is 2. The van der Waals surface area contributed by atoms with Crippen LogP contribution in [0.4, 0.5) is 4.79 Å². The third kappa shape index (κ3) is 3.78. The number of nitrogens with zero attached hydrogens (tertiary/aromatic N) is 3. The van der Waals surface area contributed by atoms with Crippen molar-refractivity contribution in [2.24, 2.45) is 0 Å². The number of oxazole rings is 1. The van der Waals surface area contributed by atoms with Crippen LogP contribution in [0.15, 0.2) is 102 Å². The average Bonchev–Trinajstić information content (AvgIpc) is 3.40. The molecule has 3 amide bonds. The third-order valence-corrected chi connectivity index (χ3v) is 5.49. The lowest BCUT2D eigenvalue weighted by Crippen LogP contribution is -2.32. The first-order valence-corrected chi connectivity index (χ1v) is 10.4. The normalized spacial score (nSPS) is 16.1. The minimum atomic E-state index is -0.676. The fraction of sp³-hybridized carbons (Fsp3) is 0.115. The first kappa shape index (κ1) is 19.8. The molecule has 158 valence electrons. The predicted octanol–water partition coefficient (Wildman–Crippen LogP) is 5.05. The van der Waals surface area contributed by atoms with Crippen molar-refractivity contribution in [3.63, 3.8) is 0 Å². The molecule has 1 aliphatic rings. The fourth-order valence-electron chi connectivity index (χ4n) is 3.94. The lowest BCUT2D eigenvalue weighted by Gasteiger charge is -2.22. The van der Waals surface area contributed by atoms with Crippen LogP contribution in [0.3, 0.4) is 0 Å². The van der Waals surface area contributed by atoms with Crippen LogP contribution in [0.5, 0.6) is 0 Å². The van der Waals surface area contributed by atoms with E-state index in [1.165, 1.54) is 11.2 Å². The maximum Gasteiger partial charge on any atom is 0.328 e. The number of carbonyl (C=O) groups excluding carboxylic acids is 2. The zero-order chi connectivity index (χ0) is 21.9. The highest BCUT2D eigenvalue weighted by Gasteiger charge is 2.46. The molecule has 1 saturated heterocycles. The first-order valence-electron chi connectivity index (χ1n) is 10.4. The zero-order valence-electron chi connectivity index (χ0n) is 17.3. The van der Waals surface area contributed by atoms with E-state index in [1.54, 1.807) is 4.90 Å². The molecule has 0 saturated carbocycles. The van der Waals surface area contributed by atoms with E-state index in [0.717, 1.165) is 16.7 Å². The van der Waals surface area contributed by atoms with Gasteiger partial charge < -0.3 is 9.32 Å². The van der Waals surface area contributed by atoms with Crippen molar-refractivity contribution in [2.45, 2.75) is 19.1 Å². The summed E-state index contributed by atoms with van der Waals surface area (Å²) in [4.78, 5) is 34.1. The fourth-order valence-corrected chi connectivity index (χ4v) is 3.94. The monoisotopic (exact) mass is 423 g/mol. The highest BCUT2D eigenvalue weighted by atomic mass is 16.3. The van der Waals surface area contributed by atoms with Gasteiger partial charge in [0.15, 0.2) is 0 Å². The SMILES string of the molecule is O=C1C(c2ccccc2)N(Cc2ccccc2)C(=O)N1Cc1coc(-c2ccccc2)n1. The Labute approximate surface area is 185 Å². The van der Waals surface area contributed by atoms with E-state index >= 15 is 0 Å². The Morgan fingerprint density at radius 3 is 2.09 bits per heavy atom. The van der Waals surface area contributed by atoms with Crippen LogP contribution in [0.1, 0.15) is 22.9 Å². The summed E-state index contributed by atoms with van der Waals surface area (Å²) in [7, 11) is 0. The molecule has 3 aromatic carbocycles. The summed E-state index contributed by atoms with van der Waals surface area (Å²) in [6.45, 7) is 0.401. The molecule has 2 heterocycles. The van der Waals surface area contributed by atoms with Gasteiger partial charge in [0.05, 0.1) is 12.2 Å². The van der Waals surface area contributed by atoms with Gasteiger partial charge in [-0.25, -0.2) is 9.78 Å². The Hall–Kier alpha value is -4.19. The Morgan fingerprint density at radius 1 is 0.781 bits per heavy atom. The second kappa shape index (κ2) is 8.51. The highest BCUT2D eigenvalue weighted by molar-refractivity contribution is 6.04. The molecular weight excluding hydrogens is 402 g/mol. The largest absolute Gasteiger partial charge is 0.444 e. The Bertz CT molecular complexity index is 1220. The maximum atomic E-state index is 13.4. The zero-order valence-corrected chi connectivity index (χ0v) is 17.3. The standard InChI is InChI=1S/C26H21N3O3/c30-25-23(20-12-6-2-7-13-20)28(16-19-10-4-1-5-11-19)26(31)29(25)17-22-18-32-24(27-22)21-14-8-3-9-15-21/h1-15,18,23H,16-17H2. The molecule has 1 unspecified atom stereocenters. The number of benzene rings is 3. The van der Waals surface area contributed by atoms with Gasteiger partial charge in [0.25, 0.3) is 5.91 Å². The smallest absolute Gasteiger partial charge is 0.328 e. The van der Waals surface area contributed by atoms with Crippen molar-refractivity contribution in [2.75, 3.05) is 0 Å². The summed E-state index contributed by atoms with van der Waals surface area (Å²) >= 11 is 0. The van der Waals surface area contributed by atoms with Crippen molar-refractivity contribution in [1.82, 2.24) is 14.8 Å². The number of aromatic nitrogens is 1. The number of rotatable bonds is 6. The maximum absolute atomic E-state index is 13.4. The molecule has 5 rings (SSSR count). The van der Waals surface area contributed by atoms with Crippen LogP contribution in [-0.2, 0) is 17.9 Å². The van der Waals surface area contributed by atoms with Gasteiger partial charge in [-0.15, -0.1) is 0 Å². The van der Waals surface area contributed by atoms with Gasteiger partial charge in [-0.3, -0.25) is 9.69 Å². The second-order valence-corrected chi connectivity index (χ2v) is 7.64. The molecule has 0 radical (unpaired) electrons. The summed E-state index contributed by atoms with van der Waals surface area (Å²) in [5.74, 6) is 0.196. The minimum absolute atomic E-state index is 0.0582. The van der Waals surface area contributed by atoms with Gasteiger partial charge in [0.2, 0.25) is 5.89 Å². The van der Waals surface area contributed by atoms with E-state index < -0.39 is 6.04 Å². The number of hydrogen-bond acceptors (Lipinski definition) is 4. The van der Waals surface area contributed by atoms with Crippen LogP contribution in [0.25, 0.3) is 11.5 Å². The van der Waals surface area contributed by atoms with E-state index in [1.807, 2.05) is 91.0 Å². The molecule has 0 N–H and O–H groups in total. The van der Waals surface area contributed by atoms with Crippen LogP contribution >= 0.6 is 0 Å². The Balaban J connectivity index is 1.43. The van der Waals surface area contributed by atoms with Gasteiger partial charge in [-0.05, 0) is 23.3 Å². The van der Waals surface area contributed by atoms with Crippen LogP contribution in [-0.4, -0.2) is 26.7 Å². The quantitative estimate of drug-likeness (QED) is 0.407. The third-order valence-electron chi connectivity index (χ3n) is 5.49. The molecule has 0 bridgehead atoms. The second-order valence-electron chi connectivity index (χ2n) is 7.64. The number of urea groups is 1. The summed E-state index contributed by atoms with van der Waals surface area (Å²) in [6.07, 6.45) is 1.50. The highest BCUT2D eigenvalue weighted by Crippen LogP contribution is 2.33. The summed E-state index contributed by atoms with van der Waals surface area (Å²) in [5.41, 5.74) is 3.11. The molecule has 1 fully saturated rings. The molecule has 1 aromatic heterocycles. The van der Waals surface area contributed by atoms with E-state index in [4.69, 9.17) is 4.42 Å². The molecule has 1 aliphatic heterocycles. The van der Waals surface area contributed by atoms with Gasteiger partial charge >= 0.3 is 6.03 Å². The van der Waals surface area contributed by atoms with Crippen LogP contribution in [0.2, 0.25) is 0 Å². The van der Waals surface area contributed by atoms with Crippen molar-refractivity contribution in [3.8, 4) is 11.5 Å². The number of amides is 3. The van der Waals surface area contributed by atoms with Gasteiger partial charge in [0.1, 0.15) is 12.3 Å². The van der Waals surface area contributed by atoms with Crippen LogP contribution < -0.4 is 0 Å². The van der Waals surface area contributed by atoms with E-state index in [9.17, 15) is 9.59 Å². The molecule has 1 atom stereocenters. The number of hydrogen-bond donors (Lipinski definition) is 0. The van der Waals surface area contributed by atoms with Gasteiger partial charge in [-0.1, -0.05) is 78.9 Å². The van der Waals surface area contributed by atoms with E-state index in [2.05, 4.69) is 4.98 Å². The molecule has 4 aromatic rings. The molecule has 0 spiro atoms. The van der Waals surface area contributed by atoms with Crippen molar-refractivity contribution < 1.29 is 14.0 Å².